The molecule has 8 heteroatoms. The zero-order chi connectivity index (χ0) is 17.1. The van der Waals surface area contributed by atoms with Gasteiger partial charge in [-0.15, -0.1) is 11.3 Å². The maximum Gasteiger partial charge on any atom is 0.272 e. The summed E-state index contributed by atoms with van der Waals surface area (Å²) in [4.78, 5) is 28.9. The van der Waals surface area contributed by atoms with Gasteiger partial charge in [-0.1, -0.05) is 17.8 Å². The second-order valence-corrected chi connectivity index (χ2v) is 6.78. The standard InChI is InChI=1S/C16H14FN3O2S2/c1-2-20-15(22)14-12(6-7-23-14)19-16(20)24-9-13(21)18-11-5-3-4-10(17)8-11/h3-8H,2,9H2,1H3,(H,18,21). The first-order valence-corrected chi connectivity index (χ1v) is 9.11. The number of nitrogens with zero attached hydrogens (tertiary/aromatic N) is 2. The Kier molecular flexibility index (Phi) is 4.96. The normalized spacial score (nSPS) is 10.9. The number of fused-ring (bicyclic) bond motifs is 1. The van der Waals surface area contributed by atoms with Crippen LogP contribution >= 0.6 is 23.1 Å². The quantitative estimate of drug-likeness (QED) is 0.558. The summed E-state index contributed by atoms with van der Waals surface area (Å²) in [7, 11) is 0. The van der Waals surface area contributed by atoms with Crippen LogP contribution in [0.4, 0.5) is 10.1 Å². The minimum Gasteiger partial charge on any atom is -0.325 e. The number of thioether (sulfide) groups is 1. The lowest BCUT2D eigenvalue weighted by molar-refractivity contribution is -0.113. The molecule has 0 unspecified atom stereocenters. The Morgan fingerprint density at radius 1 is 1.42 bits per heavy atom. The number of benzene rings is 1. The molecule has 0 aliphatic rings. The number of nitrogens with one attached hydrogen (secondary N) is 1. The Labute approximate surface area is 145 Å². The first-order chi connectivity index (χ1) is 11.6. The number of thiophene rings is 1. The van der Waals surface area contributed by atoms with Crippen LogP contribution in [0.2, 0.25) is 0 Å². The molecule has 0 atom stereocenters. The largest absolute Gasteiger partial charge is 0.325 e. The van der Waals surface area contributed by atoms with Crippen molar-refractivity contribution in [3.05, 3.63) is 51.9 Å². The number of carbonyl (C=O) groups is 1. The molecule has 1 aromatic carbocycles. The number of halogens is 1. The van der Waals surface area contributed by atoms with Gasteiger partial charge in [-0.05, 0) is 36.6 Å². The predicted octanol–water partition coefficient (Wildman–Crippen LogP) is 3.35. The van der Waals surface area contributed by atoms with Crippen LogP contribution in [0.15, 0.2) is 45.7 Å². The molecule has 0 saturated carbocycles. The van der Waals surface area contributed by atoms with Crippen molar-refractivity contribution in [2.45, 2.75) is 18.6 Å². The molecule has 3 aromatic rings. The molecule has 124 valence electrons. The average Bonchev–Trinajstić information content (AvgIpc) is 3.02. The first-order valence-electron chi connectivity index (χ1n) is 7.24. The molecule has 3 rings (SSSR count). The van der Waals surface area contributed by atoms with E-state index in [0.717, 1.165) is 0 Å². The number of anilines is 1. The SMILES string of the molecule is CCn1c(SCC(=O)Nc2cccc(F)c2)nc2ccsc2c1=O. The average molecular weight is 363 g/mol. The van der Waals surface area contributed by atoms with E-state index in [1.54, 1.807) is 16.7 Å². The molecule has 0 saturated heterocycles. The molecule has 2 aromatic heterocycles. The van der Waals surface area contributed by atoms with E-state index in [4.69, 9.17) is 0 Å². The Morgan fingerprint density at radius 3 is 3.00 bits per heavy atom. The van der Waals surface area contributed by atoms with Crippen molar-refractivity contribution in [3.63, 3.8) is 0 Å². The molecule has 0 bridgehead atoms. The summed E-state index contributed by atoms with van der Waals surface area (Å²) in [6, 6.07) is 7.49. The summed E-state index contributed by atoms with van der Waals surface area (Å²) in [5.74, 6) is -0.615. The van der Waals surface area contributed by atoms with Gasteiger partial charge in [0.25, 0.3) is 5.56 Å². The van der Waals surface area contributed by atoms with Gasteiger partial charge in [0.1, 0.15) is 10.5 Å². The summed E-state index contributed by atoms with van der Waals surface area (Å²) < 4.78 is 15.3. The van der Waals surface area contributed by atoms with Crippen LogP contribution in [-0.4, -0.2) is 21.2 Å². The number of carbonyl (C=O) groups excluding carboxylic acids is 1. The zero-order valence-electron chi connectivity index (χ0n) is 12.8. The summed E-state index contributed by atoms with van der Waals surface area (Å²) in [5.41, 5.74) is 0.947. The van der Waals surface area contributed by atoms with E-state index in [-0.39, 0.29) is 17.2 Å². The van der Waals surface area contributed by atoms with Crippen molar-refractivity contribution >= 4 is 44.9 Å². The van der Waals surface area contributed by atoms with E-state index >= 15 is 0 Å². The lowest BCUT2D eigenvalue weighted by Gasteiger charge is -2.10. The molecule has 1 N–H and O–H groups in total. The van der Waals surface area contributed by atoms with E-state index < -0.39 is 5.82 Å². The molecule has 24 heavy (non-hydrogen) atoms. The third-order valence-electron chi connectivity index (χ3n) is 3.29. The van der Waals surface area contributed by atoms with Crippen molar-refractivity contribution in [2.24, 2.45) is 0 Å². The van der Waals surface area contributed by atoms with Crippen LogP contribution in [0.3, 0.4) is 0 Å². The zero-order valence-corrected chi connectivity index (χ0v) is 14.4. The van der Waals surface area contributed by atoms with Crippen molar-refractivity contribution in [1.29, 1.82) is 0 Å². The highest BCUT2D eigenvalue weighted by molar-refractivity contribution is 7.99. The molecular formula is C16H14FN3O2S2. The fourth-order valence-corrected chi connectivity index (χ4v) is 3.85. The van der Waals surface area contributed by atoms with Crippen LogP contribution in [-0.2, 0) is 11.3 Å². The molecule has 0 fully saturated rings. The molecule has 5 nitrogen and oxygen atoms in total. The maximum atomic E-state index is 13.1. The summed E-state index contributed by atoms with van der Waals surface area (Å²) in [5, 5.41) is 4.95. The highest BCUT2D eigenvalue weighted by Gasteiger charge is 2.13. The van der Waals surface area contributed by atoms with Crippen LogP contribution < -0.4 is 10.9 Å². The molecule has 0 aliphatic heterocycles. The van der Waals surface area contributed by atoms with Crippen LogP contribution in [0.1, 0.15) is 6.92 Å². The number of aromatic nitrogens is 2. The smallest absolute Gasteiger partial charge is 0.272 e. The third kappa shape index (κ3) is 3.49. The van der Waals surface area contributed by atoms with Crippen molar-refractivity contribution in [3.8, 4) is 0 Å². The van der Waals surface area contributed by atoms with Crippen LogP contribution in [0, 0.1) is 5.82 Å². The minimum absolute atomic E-state index is 0.0819. The Bertz CT molecular complexity index is 952. The predicted molar refractivity (Wildman–Crippen MR) is 95.3 cm³/mol. The highest BCUT2D eigenvalue weighted by Crippen LogP contribution is 2.21. The van der Waals surface area contributed by atoms with Crippen LogP contribution in [0.5, 0.6) is 0 Å². The Morgan fingerprint density at radius 2 is 2.25 bits per heavy atom. The van der Waals surface area contributed by atoms with Gasteiger partial charge in [0, 0.05) is 12.2 Å². The lowest BCUT2D eigenvalue weighted by atomic mass is 10.3. The van der Waals surface area contributed by atoms with Crippen molar-refractivity contribution < 1.29 is 9.18 Å². The summed E-state index contributed by atoms with van der Waals surface area (Å²) in [6.45, 7) is 2.34. The molecule has 0 radical (unpaired) electrons. The number of hydrogen-bond donors (Lipinski definition) is 1. The third-order valence-corrected chi connectivity index (χ3v) is 5.16. The van der Waals surface area contributed by atoms with Crippen molar-refractivity contribution in [1.82, 2.24) is 9.55 Å². The second-order valence-electron chi connectivity index (χ2n) is 4.93. The second kappa shape index (κ2) is 7.14. The van der Waals surface area contributed by atoms with E-state index in [1.165, 1.54) is 41.3 Å². The first kappa shape index (κ1) is 16.7. The summed E-state index contributed by atoms with van der Waals surface area (Å²) in [6.07, 6.45) is 0. The summed E-state index contributed by atoms with van der Waals surface area (Å²) >= 11 is 2.55. The number of hydrogen-bond acceptors (Lipinski definition) is 5. The van der Waals surface area contributed by atoms with Gasteiger partial charge in [0.05, 0.1) is 11.3 Å². The molecule has 0 spiro atoms. The van der Waals surface area contributed by atoms with Gasteiger partial charge in [-0.3, -0.25) is 14.2 Å². The van der Waals surface area contributed by atoms with Gasteiger partial charge in [-0.2, -0.15) is 0 Å². The van der Waals surface area contributed by atoms with Crippen molar-refractivity contribution in [2.75, 3.05) is 11.1 Å². The Hall–Kier alpha value is -2.19. The highest BCUT2D eigenvalue weighted by atomic mass is 32.2. The van der Waals surface area contributed by atoms with Gasteiger partial charge in [0.15, 0.2) is 5.16 Å². The number of amides is 1. The lowest BCUT2D eigenvalue weighted by Crippen LogP contribution is -2.22. The number of rotatable bonds is 5. The molecule has 2 heterocycles. The monoisotopic (exact) mass is 363 g/mol. The van der Waals surface area contributed by atoms with Crippen LogP contribution in [0.25, 0.3) is 10.2 Å². The molecule has 1 amide bonds. The Balaban J connectivity index is 1.75. The van der Waals surface area contributed by atoms with E-state index in [9.17, 15) is 14.0 Å². The van der Waals surface area contributed by atoms with Gasteiger partial charge in [0.2, 0.25) is 5.91 Å². The molecule has 0 aliphatic carbocycles. The van der Waals surface area contributed by atoms with Gasteiger partial charge >= 0.3 is 0 Å². The maximum absolute atomic E-state index is 13.1. The van der Waals surface area contributed by atoms with Gasteiger partial charge in [-0.25, -0.2) is 9.37 Å². The van der Waals surface area contributed by atoms with E-state index in [1.807, 2.05) is 12.3 Å². The minimum atomic E-state index is -0.412. The van der Waals surface area contributed by atoms with Gasteiger partial charge < -0.3 is 5.32 Å². The molecular weight excluding hydrogens is 349 g/mol. The van der Waals surface area contributed by atoms with E-state index in [0.29, 0.717) is 27.6 Å². The fraction of sp³-hybridized carbons (Fsp3) is 0.188. The van der Waals surface area contributed by atoms with E-state index in [2.05, 4.69) is 10.3 Å². The topological polar surface area (TPSA) is 64.0 Å². The fourth-order valence-electron chi connectivity index (χ4n) is 2.21.